The summed E-state index contributed by atoms with van der Waals surface area (Å²) in [6.07, 6.45) is 6.24. The molecule has 2 fully saturated rings. The lowest BCUT2D eigenvalue weighted by molar-refractivity contribution is -0.128. The fraction of sp³-hybridized carbons (Fsp3) is 0.667. The number of nitrogens with one attached hydrogen (secondary N) is 1. The Balaban J connectivity index is 1.35. The Hall–Kier alpha value is -1.43. The lowest BCUT2D eigenvalue weighted by Gasteiger charge is -2.32. The average Bonchev–Trinajstić information content (AvgIpc) is 2.68. The summed E-state index contributed by atoms with van der Waals surface area (Å²) in [5.74, 6) is -0.0166. The summed E-state index contributed by atoms with van der Waals surface area (Å²) < 4.78 is 5.72. The predicted octanol–water partition coefficient (Wildman–Crippen LogP) is 2.40. The van der Waals surface area contributed by atoms with Gasteiger partial charge in [-0.1, -0.05) is 43.5 Å². The predicted molar refractivity (Wildman–Crippen MR) is 104 cm³/mol. The number of rotatable bonds is 7. The van der Waals surface area contributed by atoms with Crippen LogP contribution in [0.1, 0.15) is 43.2 Å². The molecular weight excluding hydrogens is 326 g/mol. The number of ether oxygens (including phenoxy) is 1. The van der Waals surface area contributed by atoms with Crippen molar-refractivity contribution >= 4 is 5.91 Å². The van der Waals surface area contributed by atoms with Crippen molar-refractivity contribution in [1.82, 2.24) is 15.1 Å². The highest BCUT2D eigenvalue weighted by Crippen LogP contribution is 2.20. The second-order valence-electron chi connectivity index (χ2n) is 7.74. The van der Waals surface area contributed by atoms with Crippen LogP contribution in [0.25, 0.3) is 0 Å². The van der Waals surface area contributed by atoms with Crippen LogP contribution in [0.15, 0.2) is 24.3 Å². The van der Waals surface area contributed by atoms with Gasteiger partial charge in [0.05, 0.1) is 6.10 Å². The smallest absolute Gasteiger partial charge is 0.246 e. The molecule has 0 spiro atoms. The van der Waals surface area contributed by atoms with Gasteiger partial charge < -0.3 is 15.0 Å². The van der Waals surface area contributed by atoms with E-state index in [4.69, 9.17) is 4.74 Å². The molecule has 1 N–H and O–H groups in total. The van der Waals surface area contributed by atoms with Gasteiger partial charge in [0.2, 0.25) is 5.91 Å². The van der Waals surface area contributed by atoms with E-state index in [1.807, 2.05) is 0 Å². The number of likely N-dealkylation sites (N-methyl/N-ethyl adjacent to an activating group) is 1. The first kappa shape index (κ1) is 19.3. The number of carbonyl (C=O) groups is 1. The Labute approximate surface area is 157 Å². The fourth-order valence-corrected chi connectivity index (χ4v) is 3.70. The topological polar surface area (TPSA) is 44.8 Å². The van der Waals surface area contributed by atoms with Gasteiger partial charge in [-0.05, 0) is 31.0 Å². The molecular formula is C21H33N3O2. The van der Waals surface area contributed by atoms with Crippen LogP contribution in [0.5, 0.6) is 0 Å². The Morgan fingerprint density at radius 2 is 1.69 bits per heavy atom. The number of hydrogen-bond donors (Lipinski definition) is 1. The van der Waals surface area contributed by atoms with Crippen LogP contribution in [0, 0.1) is 0 Å². The Morgan fingerprint density at radius 1 is 1.04 bits per heavy atom. The normalized spacial score (nSPS) is 20.2. The Kier molecular flexibility index (Phi) is 7.47. The van der Waals surface area contributed by atoms with Crippen molar-refractivity contribution in [2.45, 2.75) is 51.3 Å². The van der Waals surface area contributed by atoms with Gasteiger partial charge >= 0.3 is 0 Å². The van der Waals surface area contributed by atoms with Crippen molar-refractivity contribution < 1.29 is 9.53 Å². The largest absolute Gasteiger partial charge is 0.368 e. The summed E-state index contributed by atoms with van der Waals surface area (Å²) in [6.45, 7) is 6.33. The summed E-state index contributed by atoms with van der Waals surface area (Å²) in [4.78, 5) is 16.8. The Bertz CT molecular complexity index is 547. The molecule has 1 aromatic carbocycles. The third-order valence-electron chi connectivity index (χ3n) is 5.52. The third kappa shape index (κ3) is 6.38. The molecule has 0 bridgehead atoms. The minimum Gasteiger partial charge on any atom is -0.368 e. The molecule has 1 saturated carbocycles. The summed E-state index contributed by atoms with van der Waals surface area (Å²) >= 11 is 0. The van der Waals surface area contributed by atoms with E-state index in [1.54, 1.807) is 0 Å². The maximum atomic E-state index is 12.0. The highest BCUT2D eigenvalue weighted by Gasteiger charge is 2.15. The van der Waals surface area contributed by atoms with Gasteiger partial charge in [-0.25, -0.2) is 0 Å². The maximum absolute atomic E-state index is 12.0. The summed E-state index contributed by atoms with van der Waals surface area (Å²) in [5.41, 5.74) is 2.48. The van der Waals surface area contributed by atoms with Crippen LogP contribution in [0.3, 0.4) is 0 Å². The molecule has 1 aromatic rings. The molecule has 0 radical (unpaired) electrons. The quantitative estimate of drug-likeness (QED) is 0.812. The summed E-state index contributed by atoms with van der Waals surface area (Å²) in [7, 11) is 2.18. The Morgan fingerprint density at radius 3 is 2.38 bits per heavy atom. The fourth-order valence-electron chi connectivity index (χ4n) is 3.70. The molecule has 1 aliphatic carbocycles. The van der Waals surface area contributed by atoms with Crippen molar-refractivity contribution in [2.75, 3.05) is 39.8 Å². The van der Waals surface area contributed by atoms with E-state index in [-0.39, 0.29) is 18.6 Å². The van der Waals surface area contributed by atoms with Gasteiger partial charge in [0.15, 0.2) is 0 Å². The van der Waals surface area contributed by atoms with Crippen molar-refractivity contribution in [3.63, 3.8) is 0 Å². The number of hydrogen-bond acceptors (Lipinski definition) is 4. The van der Waals surface area contributed by atoms with Gasteiger partial charge in [0.25, 0.3) is 0 Å². The molecule has 0 unspecified atom stereocenters. The highest BCUT2D eigenvalue weighted by molar-refractivity contribution is 5.77. The van der Waals surface area contributed by atoms with Crippen molar-refractivity contribution in [3.8, 4) is 0 Å². The highest BCUT2D eigenvalue weighted by atomic mass is 16.5. The monoisotopic (exact) mass is 359 g/mol. The average molecular weight is 360 g/mol. The standard InChI is InChI=1S/C21H33N3O2/c1-23-11-13-24(14-12-23)16-19-9-7-18(8-10-19)15-22-21(25)17-26-20-5-3-2-4-6-20/h7-10,20H,2-6,11-17H2,1H3,(H,22,25). The molecule has 1 heterocycles. The minimum atomic E-state index is -0.0166. The molecule has 5 heteroatoms. The van der Waals surface area contributed by atoms with Crippen LogP contribution in [-0.4, -0.2) is 61.6 Å². The van der Waals surface area contributed by atoms with Crippen molar-refractivity contribution in [1.29, 1.82) is 0 Å². The zero-order valence-corrected chi connectivity index (χ0v) is 16.1. The number of amides is 1. The summed E-state index contributed by atoms with van der Waals surface area (Å²) in [5, 5.41) is 2.96. The van der Waals surface area contributed by atoms with Crippen LogP contribution in [0.2, 0.25) is 0 Å². The van der Waals surface area contributed by atoms with E-state index in [9.17, 15) is 4.79 Å². The van der Waals surface area contributed by atoms with Crippen LogP contribution < -0.4 is 5.32 Å². The van der Waals surface area contributed by atoms with Crippen molar-refractivity contribution in [3.05, 3.63) is 35.4 Å². The number of piperazine rings is 1. The zero-order chi connectivity index (χ0) is 18.2. The maximum Gasteiger partial charge on any atom is 0.246 e. The first-order valence-corrected chi connectivity index (χ1v) is 10.1. The van der Waals surface area contributed by atoms with Gasteiger partial charge in [-0.15, -0.1) is 0 Å². The second kappa shape index (κ2) is 10.0. The zero-order valence-electron chi connectivity index (χ0n) is 16.1. The third-order valence-corrected chi connectivity index (χ3v) is 5.52. The molecule has 2 aliphatic rings. The minimum absolute atomic E-state index is 0.0166. The summed E-state index contributed by atoms with van der Waals surface area (Å²) in [6, 6.07) is 8.60. The first-order valence-electron chi connectivity index (χ1n) is 10.1. The molecule has 5 nitrogen and oxygen atoms in total. The molecule has 144 valence electrons. The van der Waals surface area contributed by atoms with E-state index >= 15 is 0 Å². The van der Waals surface area contributed by atoms with Crippen molar-refractivity contribution in [2.24, 2.45) is 0 Å². The number of benzene rings is 1. The molecule has 0 aromatic heterocycles. The van der Waals surface area contributed by atoms with E-state index in [0.717, 1.165) is 51.1 Å². The molecule has 0 atom stereocenters. The molecule has 3 rings (SSSR count). The lowest BCUT2D eigenvalue weighted by Crippen LogP contribution is -2.43. The van der Waals surface area contributed by atoms with Gasteiger partial charge in [0, 0.05) is 39.3 Å². The molecule has 1 amide bonds. The van der Waals surface area contributed by atoms with E-state index in [1.165, 1.54) is 24.8 Å². The van der Waals surface area contributed by atoms with E-state index < -0.39 is 0 Å². The SMILES string of the molecule is CN1CCN(Cc2ccc(CNC(=O)COC3CCCCC3)cc2)CC1. The van der Waals surface area contributed by atoms with Crippen LogP contribution in [-0.2, 0) is 22.6 Å². The molecule has 26 heavy (non-hydrogen) atoms. The van der Waals surface area contributed by atoms with Gasteiger partial charge in [-0.2, -0.15) is 0 Å². The second-order valence-corrected chi connectivity index (χ2v) is 7.74. The molecule has 1 saturated heterocycles. The van der Waals surface area contributed by atoms with Gasteiger partial charge in [0.1, 0.15) is 6.61 Å². The van der Waals surface area contributed by atoms with Crippen LogP contribution in [0.4, 0.5) is 0 Å². The molecule has 1 aliphatic heterocycles. The van der Waals surface area contributed by atoms with E-state index in [2.05, 4.69) is 46.4 Å². The van der Waals surface area contributed by atoms with E-state index in [0.29, 0.717) is 6.54 Å². The van der Waals surface area contributed by atoms with Gasteiger partial charge in [-0.3, -0.25) is 9.69 Å². The lowest BCUT2D eigenvalue weighted by atomic mass is 9.98. The number of nitrogens with zero attached hydrogens (tertiary/aromatic N) is 2. The number of carbonyl (C=O) groups excluding carboxylic acids is 1. The first-order chi connectivity index (χ1) is 12.7. The van der Waals surface area contributed by atoms with Crippen LogP contribution >= 0.6 is 0 Å².